The number of aromatic nitrogens is 1. The Hall–Kier alpha value is -4.75. The molecule has 1 heteroatoms. The quantitative estimate of drug-likeness (QED) is 0.155. The van der Waals surface area contributed by atoms with Crippen LogP contribution in [-0.2, 0) is 0 Å². The zero-order chi connectivity index (χ0) is 30.2. The maximum atomic E-state index is 4.38. The Morgan fingerprint density at radius 3 is 2.37 bits per heavy atom. The van der Waals surface area contributed by atoms with E-state index >= 15 is 0 Å². The lowest BCUT2D eigenvalue weighted by molar-refractivity contribution is 0.896. The van der Waals surface area contributed by atoms with E-state index in [0.717, 1.165) is 18.4 Å². The van der Waals surface area contributed by atoms with Gasteiger partial charge in [0.05, 0.1) is 0 Å². The molecule has 0 bridgehead atoms. The summed E-state index contributed by atoms with van der Waals surface area (Å²) in [7, 11) is 0. The number of hydrogen-bond donors (Lipinski definition) is 0. The highest BCUT2D eigenvalue weighted by Gasteiger charge is 2.20. The summed E-state index contributed by atoms with van der Waals surface area (Å²) in [4.78, 5) is 4.38. The molecular formula is C42H41N. The van der Waals surface area contributed by atoms with Gasteiger partial charge in [0.1, 0.15) is 0 Å². The molecule has 0 saturated heterocycles. The summed E-state index contributed by atoms with van der Waals surface area (Å²) >= 11 is 0. The van der Waals surface area contributed by atoms with Gasteiger partial charge in [-0.25, -0.2) is 0 Å². The summed E-state index contributed by atoms with van der Waals surface area (Å²) in [6.45, 7) is 13.1. The molecule has 1 atom stereocenters. The van der Waals surface area contributed by atoms with Crippen molar-refractivity contribution in [1.82, 2.24) is 4.98 Å². The maximum Gasteiger partial charge on any atom is 0.0346 e. The lowest BCUT2D eigenvalue weighted by Crippen LogP contribution is -2.03. The van der Waals surface area contributed by atoms with Crippen LogP contribution in [0.15, 0.2) is 157 Å². The molecule has 1 unspecified atom stereocenters. The molecule has 0 radical (unpaired) electrons. The molecule has 0 aliphatic carbocycles. The molecule has 1 heterocycles. The third kappa shape index (κ3) is 6.37. The highest BCUT2D eigenvalue weighted by molar-refractivity contribution is 5.99. The second-order valence-corrected chi connectivity index (χ2v) is 11.0. The predicted molar refractivity (Wildman–Crippen MR) is 188 cm³/mol. The molecule has 0 N–H and O–H groups in total. The van der Waals surface area contributed by atoms with Gasteiger partial charge >= 0.3 is 0 Å². The van der Waals surface area contributed by atoms with E-state index in [4.69, 9.17) is 0 Å². The van der Waals surface area contributed by atoms with E-state index in [-0.39, 0.29) is 5.92 Å². The van der Waals surface area contributed by atoms with Crippen LogP contribution in [0.5, 0.6) is 0 Å². The molecule has 1 nitrogen and oxygen atoms in total. The summed E-state index contributed by atoms with van der Waals surface area (Å²) in [5.74, 6) is 0.182. The molecule has 5 rings (SSSR count). The normalized spacial score (nSPS) is 13.9. The fourth-order valence-electron chi connectivity index (χ4n) is 6.03. The van der Waals surface area contributed by atoms with Gasteiger partial charge in [-0.2, -0.15) is 0 Å². The summed E-state index contributed by atoms with van der Waals surface area (Å²) in [5.41, 5.74) is 10.1. The van der Waals surface area contributed by atoms with Crippen LogP contribution in [0.1, 0.15) is 57.6 Å². The molecule has 0 aliphatic rings. The van der Waals surface area contributed by atoms with E-state index < -0.39 is 0 Å². The third-order valence-corrected chi connectivity index (χ3v) is 8.43. The van der Waals surface area contributed by atoms with Gasteiger partial charge in [0.25, 0.3) is 0 Å². The molecule has 214 valence electrons. The first-order valence-electron chi connectivity index (χ1n) is 15.4. The highest BCUT2D eigenvalue weighted by atomic mass is 14.6. The van der Waals surface area contributed by atoms with E-state index in [1.54, 1.807) is 0 Å². The average molecular weight is 560 g/mol. The first-order chi connectivity index (χ1) is 21.1. The van der Waals surface area contributed by atoms with Crippen molar-refractivity contribution in [3.63, 3.8) is 0 Å². The SMILES string of the molecule is C=C\C=C/C(=C(\C)C(C)c1cccc2c(-c3cccnc3)cccc12)C(=C(/C=C\CC)CC)/c1ccc2ccccc2c1. The molecule has 0 amide bonds. The van der Waals surface area contributed by atoms with Crippen molar-refractivity contribution < 1.29 is 0 Å². The number of allylic oxidation sites excluding steroid dienone is 9. The van der Waals surface area contributed by atoms with Crippen LogP contribution >= 0.6 is 0 Å². The Bertz CT molecular complexity index is 1860. The first-order valence-corrected chi connectivity index (χ1v) is 15.4. The molecule has 43 heavy (non-hydrogen) atoms. The molecule has 0 fully saturated rings. The smallest absolute Gasteiger partial charge is 0.0346 e. The Balaban J connectivity index is 1.75. The summed E-state index contributed by atoms with van der Waals surface area (Å²) < 4.78 is 0. The largest absolute Gasteiger partial charge is 0.264 e. The molecule has 0 spiro atoms. The van der Waals surface area contributed by atoms with Crippen LogP contribution in [0.2, 0.25) is 0 Å². The molecule has 0 aliphatic heterocycles. The van der Waals surface area contributed by atoms with E-state index in [1.165, 1.54) is 60.5 Å². The van der Waals surface area contributed by atoms with Crippen LogP contribution < -0.4 is 0 Å². The number of pyridine rings is 1. The van der Waals surface area contributed by atoms with Crippen LogP contribution in [-0.4, -0.2) is 4.98 Å². The van der Waals surface area contributed by atoms with Gasteiger partial charge in [0.2, 0.25) is 0 Å². The highest BCUT2D eigenvalue weighted by Crippen LogP contribution is 2.40. The van der Waals surface area contributed by atoms with Gasteiger partial charge in [-0.1, -0.05) is 142 Å². The number of fused-ring (bicyclic) bond motifs is 2. The van der Waals surface area contributed by atoms with Crippen LogP contribution in [0.25, 0.3) is 38.2 Å². The molecule has 4 aromatic carbocycles. The van der Waals surface area contributed by atoms with Gasteiger partial charge in [0.15, 0.2) is 0 Å². The molecule has 1 aromatic heterocycles. The lowest BCUT2D eigenvalue weighted by Gasteiger charge is -2.23. The number of nitrogens with zero attached hydrogens (tertiary/aromatic N) is 1. The molecular weight excluding hydrogens is 518 g/mol. The van der Waals surface area contributed by atoms with E-state index in [9.17, 15) is 0 Å². The minimum absolute atomic E-state index is 0.182. The standard InChI is InChI=1S/C42H41N/c1-6-9-16-32(8-3)42(35-26-25-33-17-11-12-18-34(33)28-35)38(20-10-7-2)31(5)30(4)37-21-13-24-41-39(22-14-23-40(37)41)36-19-15-27-43-29-36/h7,9-30H,2,6,8H2,1,3-5H3/b16-9-,20-10-,38-31-,42-32+. The van der Waals surface area contributed by atoms with Crippen LogP contribution in [0.3, 0.4) is 0 Å². The van der Waals surface area contributed by atoms with E-state index in [0.29, 0.717) is 0 Å². The van der Waals surface area contributed by atoms with E-state index in [1.807, 2.05) is 24.5 Å². The van der Waals surface area contributed by atoms with Gasteiger partial charge in [-0.3, -0.25) is 4.98 Å². The summed E-state index contributed by atoms with van der Waals surface area (Å²) in [6, 6.07) is 33.0. The summed E-state index contributed by atoms with van der Waals surface area (Å²) in [5, 5.41) is 5.04. The van der Waals surface area contributed by atoms with Crippen LogP contribution in [0, 0.1) is 0 Å². The van der Waals surface area contributed by atoms with Crippen LogP contribution in [0.4, 0.5) is 0 Å². The average Bonchev–Trinajstić information content (AvgIpc) is 3.06. The van der Waals surface area contributed by atoms with Gasteiger partial charge in [0, 0.05) is 23.9 Å². The third-order valence-electron chi connectivity index (χ3n) is 8.43. The molecule has 0 saturated carbocycles. The second kappa shape index (κ2) is 13.9. The Labute approximate surface area is 257 Å². The van der Waals surface area contributed by atoms with Gasteiger partial charge < -0.3 is 0 Å². The number of rotatable bonds is 10. The van der Waals surface area contributed by atoms with Crippen molar-refractivity contribution in [2.45, 2.75) is 46.5 Å². The monoisotopic (exact) mass is 559 g/mol. The Morgan fingerprint density at radius 1 is 0.837 bits per heavy atom. The number of benzene rings is 4. The minimum atomic E-state index is 0.182. The second-order valence-electron chi connectivity index (χ2n) is 11.0. The Morgan fingerprint density at radius 2 is 1.63 bits per heavy atom. The van der Waals surface area contributed by atoms with Gasteiger partial charge in [-0.15, -0.1) is 0 Å². The van der Waals surface area contributed by atoms with Crippen molar-refractivity contribution >= 4 is 27.1 Å². The first kappa shape index (κ1) is 29.7. The summed E-state index contributed by atoms with van der Waals surface area (Å²) in [6.07, 6.45) is 16.5. The molecule has 5 aromatic rings. The maximum absolute atomic E-state index is 4.38. The fraction of sp³-hybridized carbons (Fsp3) is 0.167. The van der Waals surface area contributed by atoms with Crippen molar-refractivity contribution in [3.8, 4) is 11.1 Å². The van der Waals surface area contributed by atoms with Crippen molar-refractivity contribution in [2.24, 2.45) is 0 Å². The topological polar surface area (TPSA) is 12.9 Å². The van der Waals surface area contributed by atoms with Crippen molar-refractivity contribution in [1.29, 1.82) is 0 Å². The zero-order valence-electron chi connectivity index (χ0n) is 25.8. The van der Waals surface area contributed by atoms with Crippen molar-refractivity contribution in [2.75, 3.05) is 0 Å². The minimum Gasteiger partial charge on any atom is -0.264 e. The van der Waals surface area contributed by atoms with Crippen molar-refractivity contribution in [3.05, 3.63) is 168 Å². The van der Waals surface area contributed by atoms with Gasteiger partial charge in [-0.05, 0) is 86.9 Å². The lowest BCUT2D eigenvalue weighted by atomic mass is 9.81. The fourth-order valence-corrected chi connectivity index (χ4v) is 6.03. The predicted octanol–water partition coefficient (Wildman–Crippen LogP) is 12.0. The Kier molecular flexibility index (Phi) is 9.64. The van der Waals surface area contributed by atoms with E-state index in [2.05, 4.69) is 148 Å². The zero-order valence-corrected chi connectivity index (χ0v) is 25.8. The number of hydrogen-bond acceptors (Lipinski definition) is 1.